The topological polar surface area (TPSA) is 94.2 Å². The predicted molar refractivity (Wildman–Crippen MR) is 122 cm³/mol. The highest BCUT2D eigenvalue weighted by Gasteiger charge is 2.28. The molecule has 1 amide bonds. The maximum Gasteiger partial charge on any atom is 0.265 e. The van der Waals surface area contributed by atoms with Crippen LogP contribution >= 0.6 is 0 Å². The van der Waals surface area contributed by atoms with E-state index in [1.807, 2.05) is 24.3 Å². The summed E-state index contributed by atoms with van der Waals surface area (Å²) in [5, 5.41) is 2.75. The van der Waals surface area contributed by atoms with Gasteiger partial charge in [0.25, 0.3) is 5.91 Å². The van der Waals surface area contributed by atoms with Crippen LogP contribution in [0.1, 0.15) is 32.3 Å². The SMILES string of the molecule is COc1ccc(S(=O)(=O)N2CCOCC2)cc1NC(=O)[C@H](C)Oc1ccccc1C(C)C. The highest BCUT2D eigenvalue weighted by molar-refractivity contribution is 7.89. The zero-order valence-electron chi connectivity index (χ0n) is 18.8. The molecule has 32 heavy (non-hydrogen) atoms. The van der Waals surface area contributed by atoms with Gasteiger partial charge in [-0.2, -0.15) is 4.31 Å². The van der Waals surface area contributed by atoms with E-state index in [4.69, 9.17) is 14.2 Å². The maximum absolute atomic E-state index is 13.0. The number of morpholine rings is 1. The van der Waals surface area contributed by atoms with Crippen molar-refractivity contribution in [2.75, 3.05) is 38.7 Å². The van der Waals surface area contributed by atoms with Crippen LogP contribution in [0.25, 0.3) is 0 Å². The van der Waals surface area contributed by atoms with Crippen LogP contribution in [0, 0.1) is 0 Å². The van der Waals surface area contributed by atoms with E-state index >= 15 is 0 Å². The summed E-state index contributed by atoms with van der Waals surface area (Å²) in [6.45, 7) is 7.04. The number of carbonyl (C=O) groups excluding carboxylic acids is 1. The lowest BCUT2D eigenvalue weighted by Crippen LogP contribution is -2.40. The second kappa shape index (κ2) is 10.3. The van der Waals surface area contributed by atoms with E-state index in [2.05, 4.69) is 19.2 Å². The van der Waals surface area contributed by atoms with Gasteiger partial charge in [-0.3, -0.25) is 4.79 Å². The Kier molecular flexibility index (Phi) is 7.76. The lowest BCUT2D eigenvalue weighted by atomic mass is 10.0. The fourth-order valence-electron chi connectivity index (χ4n) is 3.42. The molecule has 1 saturated heterocycles. The van der Waals surface area contributed by atoms with Crippen LogP contribution in [0.3, 0.4) is 0 Å². The molecule has 2 aromatic carbocycles. The number of hydrogen-bond donors (Lipinski definition) is 1. The Morgan fingerprint density at radius 2 is 1.75 bits per heavy atom. The molecular formula is C23H30N2O6S. The normalized spacial score (nSPS) is 15.9. The highest BCUT2D eigenvalue weighted by atomic mass is 32.2. The minimum Gasteiger partial charge on any atom is -0.495 e. The summed E-state index contributed by atoms with van der Waals surface area (Å²) in [5.41, 5.74) is 1.27. The van der Waals surface area contributed by atoms with Crippen molar-refractivity contribution in [1.29, 1.82) is 0 Å². The summed E-state index contributed by atoms with van der Waals surface area (Å²) < 4.78 is 43.8. The number of rotatable bonds is 8. The van der Waals surface area contributed by atoms with Crippen LogP contribution < -0.4 is 14.8 Å². The van der Waals surface area contributed by atoms with Crippen molar-refractivity contribution >= 4 is 21.6 Å². The molecule has 1 N–H and O–H groups in total. The molecule has 0 aromatic heterocycles. The van der Waals surface area contributed by atoms with Crippen molar-refractivity contribution < 1.29 is 27.4 Å². The van der Waals surface area contributed by atoms with Crippen molar-refractivity contribution in [3.63, 3.8) is 0 Å². The van der Waals surface area contributed by atoms with Crippen LogP contribution in [-0.2, 0) is 19.6 Å². The van der Waals surface area contributed by atoms with Crippen LogP contribution in [-0.4, -0.2) is 58.1 Å². The number of amides is 1. The van der Waals surface area contributed by atoms with E-state index in [-0.39, 0.29) is 29.6 Å². The first kappa shape index (κ1) is 24.0. The highest BCUT2D eigenvalue weighted by Crippen LogP contribution is 2.30. The molecule has 0 spiro atoms. The van der Waals surface area contributed by atoms with E-state index in [1.165, 1.54) is 29.6 Å². The lowest BCUT2D eigenvalue weighted by molar-refractivity contribution is -0.122. The monoisotopic (exact) mass is 462 g/mol. The van der Waals surface area contributed by atoms with E-state index in [0.717, 1.165) is 5.56 Å². The number of para-hydroxylation sites is 1. The zero-order valence-corrected chi connectivity index (χ0v) is 19.6. The number of benzene rings is 2. The number of carbonyl (C=O) groups is 1. The molecule has 0 unspecified atom stereocenters. The van der Waals surface area contributed by atoms with Crippen molar-refractivity contribution in [3.8, 4) is 11.5 Å². The van der Waals surface area contributed by atoms with Gasteiger partial charge in [0.2, 0.25) is 10.0 Å². The van der Waals surface area contributed by atoms with Crippen molar-refractivity contribution in [2.24, 2.45) is 0 Å². The molecule has 174 valence electrons. The second-order valence-corrected chi connectivity index (χ2v) is 9.76. The maximum atomic E-state index is 13.0. The van der Waals surface area contributed by atoms with Gasteiger partial charge < -0.3 is 19.5 Å². The summed E-state index contributed by atoms with van der Waals surface area (Å²) in [5.74, 6) is 0.821. The van der Waals surface area contributed by atoms with Gasteiger partial charge in [-0.1, -0.05) is 32.0 Å². The molecule has 3 rings (SSSR count). The molecule has 1 heterocycles. The first-order chi connectivity index (χ1) is 15.2. The number of methoxy groups -OCH3 is 1. The average molecular weight is 463 g/mol. The zero-order chi connectivity index (χ0) is 23.3. The molecule has 0 radical (unpaired) electrons. The number of anilines is 1. The standard InChI is InChI=1S/C23H30N2O6S/c1-16(2)19-7-5-6-8-21(19)31-17(3)23(26)24-20-15-18(9-10-22(20)29-4)32(27,28)25-11-13-30-14-12-25/h5-10,15-17H,11-14H2,1-4H3,(H,24,26)/t17-/m0/s1. The quantitative estimate of drug-likeness (QED) is 0.647. The predicted octanol–water partition coefficient (Wildman–Crippen LogP) is 3.25. The summed E-state index contributed by atoms with van der Waals surface area (Å²) in [6, 6.07) is 12.0. The Morgan fingerprint density at radius 1 is 1.06 bits per heavy atom. The number of hydrogen-bond acceptors (Lipinski definition) is 6. The fourth-order valence-corrected chi connectivity index (χ4v) is 4.86. The Morgan fingerprint density at radius 3 is 2.41 bits per heavy atom. The number of sulfonamides is 1. The molecule has 1 fully saturated rings. The van der Waals surface area contributed by atoms with E-state index in [9.17, 15) is 13.2 Å². The van der Waals surface area contributed by atoms with Gasteiger partial charge in [0.05, 0.1) is 30.9 Å². The van der Waals surface area contributed by atoms with Gasteiger partial charge in [-0.15, -0.1) is 0 Å². The third-order valence-corrected chi connectivity index (χ3v) is 7.15. The van der Waals surface area contributed by atoms with Crippen LogP contribution in [0.4, 0.5) is 5.69 Å². The Bertz CT molecular complexity index is 1050. The molecule has 9 heteroatoms. The summed E-state index contributed by atoms with van der Waals surface area (Å²) in [4.78, 5) is 12.9. The first-order valence-corrected chi connectivity index (χ1v) is 12.0. The summed E-state index contributed by atoms with van der Waals surface area (Å²) in [7, 11) is -2.26. The largest absolute Gasteiger partial charge is 0.495 e. The van der Waals surface area contributed by atoms with E-state index < -0.39 is 22.0 Å². The molecule has 1 aliphatic rings. The third kappa shape index (κ3) is 5.40. The molecule has 0 saturated carbocycles. The van der Waals surface area contributed by atoms with Crippen LogP contribution in [0.5, 0.6) is 11.5 Å². The lowest BCUT2D eigenvalue weighted by Gasteiger charge is -2.26. The van der Waals surface area contributed by atoms with Gasteiger partial charge in [-0.05, 0) is 42.7 Å². The van der Waals surface area contributed by atoms with Crippen molar-refractivity contribution in [3.05, 3.63) is 48.0 Å². The second-order valence-electron chi connectivity index (χ2n) is 7.82. The van der Waals surface area contributed by atoms with Gasteiger partial charge >= 0.3 is 0 Å². The summed E-state index contributed by atoms with van der Waals surface area (Å²) in [6.07, 6.45) is -0.806. The van der Waals surface area contributed by atoms with E-state index in [1.54, 1.807) is 6.92 Å². The third-order valence-electron chi connectivity index (χ3n) is 5.25. The molecule has 1 atom stereocenters. The van der Waals surface area contributed by atoms with E-state index in [0.29, 0.717) is 24.7 Å². The first-order valence-electron chi connectivity index (χ1n) is 10.6. The molecule has 1 aliphatic heterocycles. The molecule has 2 aromatic rings. The Hall–Kier alpha value is -2.62. The van der Waals surface area contributed by atoms with Gasteiger partial charge in [0.1, 0.15) is 11.5 Å². The van der Waals surface area contributed by atoms with Gasteiger partial charge in [0, 0.05) is 13.1 Å². The minimum atomic E-state index is -3.71. The Balaban J connectivity index is 1.80. The fraction of sp³-hybridized carbons (Fsp3) is 0.435. The van der Waals surface area contributed by atoms with Crippen molar-refractivity contribution in [2.45, 2.75) is 37.7 Å². The van der Waals surface area contributed by atoms with Gasteiger partial charge in [0.15, 0.2) is 6.10 Å². The Labute approximate surface area is 189 Å². The summed E-state index contributed by atoms with van der Waals surface area (Å²) >= 11 is 0. The average Bonchev–Trinajstić information content (AvgIpc) is 2.79. The number of nitrogens with zero attached hydrogens (tertiary/aromatic N) is 1. The number of ether oxygens (including phenoxy) is 3. The molecule has 8 nitrogen and oxygen atoms in total. The molecule has 0 aliphatic carbocycles. The van der Waals surface area contributed by atoms with Crippen molar-refractivity contribution in [1.82, 2.24) is 4.31 Å². The minimum absolute atomic E-state index is 0.0780. The smallest absolute Gasteiger partial charge is 0.265 e. The van der Waals surface area contributed by atoms with Crippen LogP contribution in [0.15, 0.2) is 47.4 Å². The van der Waals surface area contributed by atoms with Gasteiger partial charge in [-0.25, -0.2) is 8.42 Å². The number of nitrogens with one attached hydrogen (secondary N) is 1. The molecule has 0 bridgehead atoms. The van der Waals surface area contributed by atoms with Crippen LogP contribution in [0.2, 0.25) is 0 Å². The molecular weight excluding hydrogens is 432 g/mol.